The maximum atomic E-state index is 12.9. The molecule has 0 bridgehead atoms. The van der Waals surface area contributed by atoms with E-state index in [4.69, 9.17) is 4.84 Å². The summed E-state index contributed by atoms with van der Waals surface area (Å²) < 4.78 is 27.2. The normalized spacial score (nSPS) is 11.0. The van der Waals surface area contributed by atoms with E-state index >= 15 is 0 Å². The average molecular weight is 501 g/mol. The molecule has 0 spiro atoms. The molecule has 0 unspecified atom stereocenters. The van der Waals surface area contributed by atoms with Crippen LogP contribution in [0.2, 0.25) is 0 Å². The molecule has 1 N–H and O–H groups in total. The Morgan fingerprint density at radius 3 is 2.10 bits per heavy atom. The van der Waals surface area contributed by atoms with Crippen molar-refractivity contribution < 1.29 is 18.7 Å². The summed E-state index contributed by atoms with van der Waals surface area (Å²) in [6.07, 6.45) is 1.40. The molecule has 0 fully saturated rings. The van der Waals surface area contributed by atoms with Gasteiger partial charge in [-0.3, -0.25) is 0 Å². The molecule has 0 saturated carbocycles. The van der Waals surface area contributed by atoms with Crippen molar-refractivity contribution in [2.45, 2.75) is 0 Å². The number of halogens is 4. The van der Waals surface area contributed by atoms with Gasteiger partial charge in [-0.15, -0.1) is 0 Å². The Labute approximate surface area is 140 Å². The smallest absolute Gasteiger partial charge is 0.163 e. The largest absolute Gasteiger partial charge is 0.506 e. The Bertz CT molecular complexity index is 634. The second kappa shape index (κ2) is 6.66. The van der Waals surface area contributed by atoms with Crippen molar-refractivity contribution in [3.05, 3.63) is 54.7 Å². The van der Waals surface area contributed by atoms with E-state index in [1.54, 1.807) is 12.1 Å². The molecule has 0 aliphatic rings. The number of oxime groups is 1. The van der Waals surface area contributed by atoms with Crippen molar-refractivity contribution in [1.29, 1.82) is 0 Å². The summed E-state index contributed by atoms with van der Waals surface area (Å²) in [6.45, 7) is 0. The van der Waals surface area contributed by atoms with Gasteiger partial charge in [0.25, 0.3) is 0 Å². The molecular formula is C13H7F2I2NO2. The van der Waals surface area contributed by atoms with E-state index < -0.39 is 11.6 Å². The summed E-state index contributed by atoms with van der Waals surface area (Å²) in [5.74, 6) is -1.29. The zero-order chi connectivity index (χ0) is 14.7. The fraction of sp³-hybridized carbons (Fsp3) is 0. The predicted octanol–water partition coefficient (Wildman–Crippen LogP) is 4.29. The maximum Gasteiger partial charge on any atom is 0.163 e. The molecule has 0 aliphatic carbocycles. The number of phenols is 1. The Balaban J connectivity index is 2.14. The molecule has 0 aromatic heterocycles. The lowest BCUT2D eigenvalue weighted by molar-refractivity contribution is 0.339. The molecular weight excluding hydrogens is 494 g/mol. The molecule has 0 atom stereocenters. The van der Waals surface area contributed by atoms with E-state index in [0.29, 0.717) is 12.7 Å². The van der Waals surface area contributed by atoms with Crippen molar-refractivity contribution in [2.24, 2.45) is 5.16 Å². The van der Waals surface area contributed by atoms with Crippen LogP contribution in [0.15, 0.2) is 35.5 Å². The van der Waals surface area contributed by atoms with Gasteiger partial charge in [0.05, 0.1) is 13.4 Å². The van der Waals surface area contributed by atoms with Crippen molar-refractivity contribution in [1.82, 2.24) is 0 Å². The first-order chi connectivity index (χ1) is 9.45. The van der Waals surface area contributed by atoms with E-state index in [2.05, 4.69) is 5.16 Å². The predicted molar refractivity (Wildman–Crippen MR) is 88.1 cm³/mol. The number of phenolic OH excluding ortho intramolecular Hbond substituents is 1. The minimum absolute atomic E-state index is 0.0260. The number of nitrogens with zero attached hydrogens (tertiary/aromatic N) is 1. The summed E-state index contributed by atoms with van der Waals surface area (Å²) in [4.78, 5) is 4.90. The summed E-state index contributed by atoms with van der Waals surface area (Å²) >= 11 is 3.98. The van der Waals surface area contributed by atoms with E-state index in [1.807, 2.05) is 45.2 Å². The number of aromatic hydroxyl groups is 1. The van der Waals surface area contributed by atoms with Gasteiger partial charge < -0.3 is 9.94 Å². The minimum atomic E-state index is -0.732. The molecule has 104 valence electrons. The first-order valence-electron chi connectivity index (χ1n) is 5.30. The first-order valence-corrected chi connectivity index (χ1v) is 7.46. The summed E-state index contributed by atoms with van der Waals surface area (Å²) in [6, 6.07) is 6.23. The van der Waals surface area contributed by atoms with Gasteiger partial charge in [0.1, 0.15) is 17.4 Å². The van der Waals surface area contributed by atoms with Crippen molar-refractivity contribution in [3.63, 3.8) is 0 Å². The molecule has 0 heterocycles. The van der Waals surface area contributed by atoms with Gasteiger partial charge in [0.15, 0.2) is 5.75 Å². The fourth-order valence-electron chi connectivity index (χ4n) is 1.39. The Morgan fingerprint density at radius 1 is 1.00 bits per heavy atom. The summed E-state index contributed by atoms with van der Waals surface area (Å²) in [7, 11) is 0. The van der Waals surface area contributed by atoms with Crippen LogP contribution in [0.4, 0.5) is 8.78 Å². The van der Waals surface area contributed by atoms with Crippen molar-refractivity contribution in [2.75, 3.05) is 0 Å². The van der Waals surface area contributed by atoms with Crippen LogP contribution in [0.5, 0.6) is 11.5 Å². The molecule has 2 aromatic carbocycles. The van der Waals surface area contributed by atoms with Gasteiger partial charge in [-0.1, -0.05) is 5.16 Å². The van der Waals surface area contributed by atoms with E-state index in [0.717, 1.165) is 18.2 Å². The number of hydrogen-bond donors (Lipinski definition) is 1. The van der Waals surface area contributed by atoms with Crippen molar-refractivity contribution >= 4 is 51.4 Å². The lowest BCUT2D eigenvalue weighted by Crippen LogP contribution is -1.91. The molecule has 0 saturated heterocycles. The highest BCUT2D eigenvalue weighted by molar-refractivity contribution is 14.1. The average Bonchev–Trinajstić information content (AvgIpc) is 2.34. The van der Waals surface area contributed by atoms with Crippen LogP contribution in [0.3, 0.4) is 0 Å². The molecule has 20 heavy (non-hydrogen) atoms. The Morgan fingerprint density at radius 2 is 1.55 bits per heavy atom. The zero-order valence-corrected chi connectivity index (χ0v) is 14.1. The molecule has 2 rings (SSSR count). The van der Waals surface area contributed by atoms with Crippen LogP contribution in [0.25, 0.3) is 0 Å². The number of hydrogen-bond acceptors (Lipinski definition) is 3. The van der Waals surface area contributed by atoms with Crippen LogP contribution >= 0.6 is 45.2 Å². The minimum Gasteiger partial charge on any atom is -0.506 e. The van der Waals surface area contributed by atoms with E-state index in [9.17, 15) is 13.9 Å². The molecule has 2 aromatic rings. The quantitative estimate of drug-likeness (QED) is 0.388. The highest BCUT2D eigenvalue weighted by Gasteiger charge is 2.05. The monoisotopic (exact) mass is 501 g/mol. The van der Waals surface area contributed by atoms with Crippen LogP contribution in [0, 0.1) is 18.8 Å². The highest BCUT2D eigenvalue weighted by Crippen LogP contribution is 2.26. The van der Waals surface area contributed by atoms with Gasteiger partial charge in [0.2, 0.25) is 0 Å². The second-order valence-electron chi connectivity index (χ2n) is 3.76. The first kappa shape index (κ1) is 15.4. The van der Waals surface area contributed by atoms with E-state index in [-0.39, 0.29) is 11.5 Å². The fourth-order valence-corrected chi connectivity index (χ4v) is 3.21. The van der Waals surface area contributed by atoms with Crippen LogP contribution in [-0.2, 0) is 0 Å². The van der Waals surface area contributed by atoms with Gasteiger partial charge in [-0.2, -0.15) is 0 Å². The van der Waals surface area contributed by atoms with Crippen LogP contribution in [-0.4, -0.2) is 11.3 Å². The Kier molecular flexibility index (Phi) is 5.13. The third-order valence-electron chi connectivity index (χ3n) is 2.24. The van der Waals surface area contributed by atoms with Gasteiger partial charge in [-0.05, 0) is 62.9 Å². The molecule has 3 nitrogen and oxygen atoms in total. The van der Waals surface area contributed by atoms with Crippen LogP contribution in [0.1, 0.15) is 5.56 Å². The van der Waals surface area contributed by atoms with Crippen LogP contribution < -0.4 is 4.84 Å². The molecule has 0 radical (unpaired) electrons. The highest BCUT2D eigenvalue weighted by atomic mass is 127. The zero-order valence-electron chi connectivity index (χ0n) is 9.78. The molecule has 0 aliphatic heterocycles. The summed E-state index contributed by atoms with van der Waals surface area (Å²) in [5, 5.41) is 13.3. The third-order valence-corrected chi connectivity index (χ3v) is 3.88. The van der Waals surface area contributed by atoms with Gasteiger partial charge >= 0.3 is 0 Å². The summed E-state index contributed by atoms with van der Waals surface area (Å²) in [5.41, 5.74) is 0.702. The molecule has 7 heteroatoms. The standard InChI is InChI=1S/C13H7F2I2NO2/c14-8-3-9(15)5-10(4-8)20-18-6-7-1-11(16)13(19)12(17)2-7/h1-6,19H/b18-6+. The maximum absolute atomic E-state index is 12.9. The van der Waals surface area contributed by atoms with Gasteiger partial charge in [-0.25, -0.2) is 8.78 Å². The second-order valence-corrected chi connectivity index (χ2v) is 6.09. The van der Waals surface area contributed by atoms with Crippen molar-refractivity contribution in [3.8, 4) is 11.5 Å². The molecule has 0 amide bonds. The lowest BCUT2D eigenvalue weighted by Gasteiger charge is -2.02. The third kappa shape index (κ3) is 4.01. The number of benzene rings is 2. The van der Waals surface area contributed by atoms with E-state index in [1.165, 1.54) is 6.21 Å². The topological polar surface area (TPSA) is 41.8 Å². The Hall–Kier alpha value is -0.970. The van der Waals surface area contributed by atoms with Gasteiger partial charge in [0, 0.05) is 18.2 Å². The lowest BCUT2D eigenvalue weighted by atomic mass is 10.2. The SMILES string of the molecule is Oc1c(I)cc(/C=N/Oc2cc(F)cc(F)c2)cc1I. The number of rotatable bonds is 3.